The van der Waals surface area contributed by atoms with Gasteiger partial charge in [0.05, 0.1) is 11.2 Å². The quantitative estimate of drug-likeness (QED) is 0.450. The van der Waals surface area contributed by atoms with Gasteiger partial charge in [-0.15, -0.1) is 12.4 Å². The molecule has 0 radical (unpaired) electrons. The lowest BCUT2D eigenvalue weighted by molar-refractivity contribution is 0.0950. The molecule has 2 aromatic carbocycles. The number of halogens is 1. The Bertz CT molecular complexity index is 1180. The Morgan fingerprint density at radius 3 is 2.42 bits per heavy atom. The normalized spacial score (nSPS) is 10.5. The number of hydrogen-bond donors (Lipinski definition) is 2. The van der Waals surface area contributed by atoms with E-state index in [-0.39, 0.29) is 18.3 Å². The standard InChI is InChI=1S/C25H24N4O.ClH/c1-2-13-28-25(30)24-21-15-20(18-6-4-3-5-7-18)23(29-22(21)12-14-27-24)19-10-8-17(16-26)9-11-19;/h3-12,14-15H,2,13,16,26H2,1H3,(H,28,30);1H. The summed E-state index contributed by atoms with van der Waals surface area (Å²) < 4.78 is 0. The van der Waals surface area contributed by atoms with E-state index in [2.05, 4.69) is 10.3 Å². The molecule has 4 aromatic rings. The van der Waals surface area contributed by atoms with Gasteiger partial charge in [0.1, 0.15) is 5.69 Å². The number of aromatic nitrogens is 2. The summed E-state index contributed by atoms with van der Waals surface area (Å²) in [6.45, 7) is 3.13. The molecule has 0 atom stereocenters. The largest absolute Gasteiger partial charge is 0.351 e. The molecule has 31 heavy (non-hydrogen) atoms. The molecule has 0 fully saturated rings. The second kappa shape index (κ2) is 10.2. The molecule has 0 aliphatic heterocycles. The molecule has 0 spiro atoms. The van der Waals surface area contributed by atoms with Gasteiger partial charge in [0.15, 0.2) is 0 Å². The van der Waals surface area contributed by atoms with Crippen LogP contribution < -0.4 is 11.1 Å². The van der Waals surface area contributed by atoms with Crippen LogP contribution in [0, 0.1) is 0 Å². The zero-order valence-electron chi connectivity index (χ0n) is 17.3. The van der Waals surface area contributed by atoms with Crippen molar-refractivity contribution in [2.75, 3.05) is 6.54 Å². The van der Waals surface area contributed by atoms with Gasteiger partial charge >= 0.3 is 0 Å². The van der Waals surface area contributed by atoms with Crippen molar-refractivity contribution >= 4 is 29.2 Å². The van der Waals surface area contributed by atoms with Crippen LogP contribution in [0.2, 0.25) is 0 Å². The van der Waals surface area contributed by atoms with Crippen molar-refractivity contribution in [3.8, 4) is 22.4 Å². The second-order valence-corrected chi connectivity index (χ2v) is 7.13. The number of hydrogen-bond acceptors (Lipinski definition) is 4. The summed E-state index contributed by atoms with van der Waals surface area (Å²) in [5.41, 5.74) is 11.8. The Balaban J connectivity index is 0.00000272. The molecule has 1 amide bonds. The molecule has 4 rings (SSSR count). The maximum atomic E-state index is 12.7. The van der Waals surface area contributed by atoms with Crippen molar-refractivity contribution < 1.29 is 4.79 Å². The van der Waals surface area contributed by atoms with E-state index in [0.717, 1.165) is 45.3 Å². The van der Waals surface area contributed by atoms with Crippen molar-refractivity contribution in [2.24, 2.45) is 5.73 Å². The van der Waals surface area contributed by atoms with Crippen LogP contribution in [0.5, 0.6) is 0 Å². The van der Waals surface area contributed by atoms with E-state index in [1.807, 2.05) is 73.7 Å². The molecule has 0 unspecified atom stereocenters. The number of carbonyl (C=O) groups is 1. The Morgan fingerprint density at radius 1 is 1.00 bits per heavy atom. The van der Waals surface area contributed by atoms with Crippen molar-refractivity contribution in [3.05, 3.63) is 84.2 Å². The molecular formula is C25H25ClN4O. The van der Waals surface area contributed by atoms with Crippen molar-refractivity contribution in [1.29, 1.82) is 0 Å². The summed E-state index contributed by atoms with van der Waals surface area (Å²) in [5.74, 6) is -0.177. The maximum Gasteiger partial charge on any atom is 0.270 e. The number of amides is 1. The van der Waals surface area contributed by atoms with Crippen LogP contribution in [0.15, 0.2) is 72.9 Å². The number of benzene rings is 2. The highest BCUT2D eigenvalue weighted by Gasteiger charge is 2.17. The van der Waals surface area contributed by atoms with Gasteiger partial charge in [-0.2, -0.15) is 0 Å². The van der Waals surface area contributed by atoms with Crippen LogP contribution in [-0.4, -0.2) is 22.4 Å². The van der Waals surface area contributed by atoms with Crippen molar-refractivity contribution in [2.45, 2.75) is 19.9 Å². The third-order valence-corrected chi connectivity index (χ3v) is 5.04. The van der Waals surface area contributed by atoms with Gasteiger partial charge in [-0.3, -0.25) is 9.78 Å². The minimum atomic E-state index is -0.177. The second-order valence-electron chi connectivity index (χ2n) is 7.13. The third-order valence-electron chi connectivity index (χ3n) is 5.04. The smallest absolute Gasteiger partial charge is 0.270 e. The van der Waals surface area contributed by atoms with E-state index in [9.17, 15) is 4.79 Å². The average molecular weight is 433 g/mol. The highest BCUT2D eigenvalue weighted by molar-refractivity contribution is 6.06. The van der Waals surface area contributed by atoms with Crippen LogP contribution in [0.1, 0.15) is 29.4 Å². The van der Waals surface area contributed by atoms with Crippen molar-refractivity contribution in [3.63, 3.8) is 0 Å². The molecule has 6 heteroatoms. The number of nitrogens with one attached hydrogen (secondary N) is 1. The van der Waals surface area contributed by atoms with Crippen LogP contribution in [0.3, 0.4) is 0 Å². The van der Waals surface area contributed by atoms with E-state index in [1.54, 1.807) is 6.20 Å². The van der Waals surface area contributed by atoms with E-state index < -0.39 is 0 Å². The summed E-state index contributed by atoms with van der Waals surface area (Å²) in [4.78, 5) is 22.0. The van der Waals surface area contributed by atoms with Crippen LogP contribution >= 0.6 is 12.4 Å². The molecule has 0 bridgehead atoms. The first kappa shape index (κ1) is 22.4. The van der Waals surface area contributed by atoms with Gasteiger partial charge in [0.25, 0.3) is 5.91 Å². The monoisotopic (exact) mass is 432 g/mol. The molecule has 158 valence electrons. The SMILES string of the molecule is CCCNC(=O)c1nccc2nc(-c3ccc(CN)cc3)c(-c3ccccc3)cc12.Cl. The zero-order valence-corrected chi connectivity index (χ0v) is 18.2. The predicted octanol–water partition coefficient (Wildman–Crippen LogP) is 4.98. The topological polar surface area (TPSA) is 80.9 Å². The first-order chi connectivity index (χ1) is 14.7. The Hall–Kier alpha value is -3.28. The molecule has 0 aliphatic rings. The maximum absolute atomic E-state index is 12.7. The lowest BCUT2D eigenvalue weighted by Crippen LogP contribution is -2.25. The predicted molar refractivity (Wildman–Crippen MR) is 128 cm³/mol. The fourth-order valence-corrected chi connectivity index (χ4v) is 3.46. The lowest BCUT2D eigenvalue weighted by atomic mass is 9.96. The lowest BCUT2D eigenvalue weighted by Gasteiger charge is -2.13. The van der Waals surface area contributed by atoms with Gasteiger partial charge in [-0.05, 0) is 29.7 Å². The van der Waals surface area contributed by atoms with E-state index >= 15 is 0 Å². The number of nitrogens with zero attached hydrogens (tertiary/aromatic N) is 2. The van der Waals surface area contributed by atoms with Gasteiger partial charge in [-0.25, -0.2) is 4.98 Å². The van der Waals surface area contributed by atoms with E-state index in [1.165, 1.54) is 0 Å². The molecule has 3 N–H and O–H groups in total. The van der Waals surface area contributed by atoms with Crippen LogP contribution in [-0.2, 0) is 6.54 Å². The molecule has 0 aliphatic carbocycles. The Kier molecular flexibility index (Phi) is 7.34. The van der Waals surface area contributed by atoms with E-state index in [4.69, 9.17) is 10.7 Å². The first-order valence-corrected chi connectivity index (χ1v) is 10.1. The number of carbonyl (C=O) groups excluding carboxylic acids is 1. The summed E-state index contributed by atoms with van der Waals surface area (Å²) in [5, 5.41) is 3.66. The highest BCUT2D eigenvalue weighted by atomic mass is 35.5. The van der Waals surface area contributed by atoms with Crippen molar-refractivity contribution in [1.82, 2.24) is 15.3 Å². The number of pyridine rings is 2. The minimum Gasteiger partial charge on any atom is -0.351 e. The summed E-state index contributed by atoms with van der Waals surface area (Å²) >= 11 is 0. The third kappa shape index (κ3) is 4.74. The summed E-state index contributed by atoms with van der Waals surface area (Å²) in [6, 6.07) is 22.1. The number of rotatable bonds is 6. The zero-order chi connectivity index (χ0) is 20.9. The molecule has 5 nitrogen and oxygen atoms in total. The Labute approximate surface area is 188 Å². The fraction of sp³-hybridized carbons (Fsp3) is 0.160. The molecule has 0 saturated carbocycles. The molecule has 2 aromatic heterocycles. The summed E-state index contributed by atoms with van der Waals surface area (Å²) in [6.07, 6.45) is 2.51. The molecule has 0 saturated heterocycles. The number of nitrogens with two attached hydrogens (primary N) is 1. The van der Waals surface area contributed by atoms with Crippen LogP contribution in [0.25, 0.3) is 33.3 Å². The van der Waals surface area contributed by atoms with Crippen LogP contribution in [0.4, 0.5) is 0 Å². The molecule has 2 heterocycles. The average Bonchev–Trinajstić information content (AvgIpc) is 2.82. The van der Waals surface area contributed by atoms with Gasteiger partial charge in [-0.1, -0.05) is 61.5 Å². The Morgan fingerprint density at radius 2 is 1.74 bits per heavy atom. The minimum absolute atomic E-state index is 0. The van der Waals surface area contributed by atoms with Gasteiger partial charge in [0.2, 0.25) is 0 Å². The highest BCUT2D eigenvalue weighted by Crippen LogP contribution is 2.34. The number of fused-ring (bicyclic) bond motifs is 1. The van der Waals surface area contributed by atoms with Gasteiger partial charge in [0, 0.05) is 35.8 Å². The molecular weight excluding hydrogens is 408 g/mol. The fourth-order valence-electron chi connectivity index (χ4n) is 3.46. The first-order valence-electron chi connectivity index (χ1n) is 10.1. The van der Waals surface area contributed by atoms with Gasteiger partial charge < -0.3 is 11.1 Å². The summed E-state index contributed by atoms with van der Waals surface area (Å²) in [7, 11) is 0. The van der Waals surface area contributed by atoms with E-state index in [0.29, 0.717) is 18.8 Å².